The molecule has 0 spiro atoms. The van der Waals surface area contributed by atoms with Crippen LogP contribution in [0.1, 0.15) is 78.6 Å². The Morgan fingerprint density at radius 2 is 1.27 bits per heavy atom. The third-order valence-electron chi connectivity index (χ3n) is 3.71. The van der Waals surface area contributed by atoms with Gasteiger partial charge in [0.2, 0.25) is 0 Å². The first kappa shape index (κ1) is 15.0. The van der Waals surface area contributed by atoms with E-state index in [1.807, 2.05) is 0 Å². The smallest absolute Gasteiger partial charge is 0.0487 e. The fraction of sp³-hybridized carbons (Fsp3) is 1.00. The summed E-state index contributed by atoms with van der Waals surface area (Å²) >= 11 is 0. The lowest BCUT2D eigenvalue weighted by atomic mass is 9.76. The van der Waals surface area contributed by atoms with Crippen molar-refractivity contribution in [2.24, 2.45) is 5.41 Å². The molecule has 0 bridgehead atoms. The van der Waals surface area contributed by atoms with Crippen LogP contribution in [-0.2, 0) is 0 Å². The lowest BCUT2D eigenvalue weighted by molar-refractivity contribution is 0.0941. The molecule has 0 heterocycles. The molecule has 0 unspecified atom stereocenters. The molecule has 0 amide bonds. The van der Waals surface area contributed by atoms with E-state index in [-0.39, 0.29) is 5.41 Å². The highest BCUT2D eigenvalue weighted by Crippen LogP contribution is 2.34. The van der Waals surface area contributed by atoms with Crippen LogP contribution >= 0.6 is 0 Å². The quantitative estimate of drug-likeness (QED) is 0.529. The standard InChI is InChI=1S/C14H30O/c1-4-7-9-11-14(6-3,13-15)12-10-8-5-2/h15H,4-13H2,1-3H3. The zero-order valence-electron chi connectivity index (χ0n) is 11.0. The van der Waals surface area contributed by atoms with Crippen LogP contribution in [0.2, 0.25) is 0 Å². The Balaban J connectivity index is 3.93. The summed E-state index contributed by atoms with van der Waals surface area (Å²) < 4.78 is 0. The fourth-order valence-corrected chi connectivity index (χ4v) is 2.25. The summed E-state index contributed by atoms with van der Waals surface area (Å²) in [6, 6.07) is 0. The van der Waals surface area contributed by atoms with E-state index in [1.165, 1.54) is 51.4 Å². The number of aliphatic hydroxyl groups is 1. The van der Waals surface area contributed by atoms with Gasteiger partial charge in [0.25, 0.3) is 0 Å². The van der Waals surface area contributed by atoms with Gasteiger partial charge >= 0.3 is 0 Å². The monoisotopic (exact) mass is 214 g/mol. The molecule has 0 saturated carbocycles. The fourth-order valence-electron chi connectivity index (χ4n) is 2.25. The Bertz CT molecular complexity index is 115. The molecule has 0 fully saturated rings. The lowest BCUT2D eigenvalue weighted by Gasteiger charge is -2.31. The maximum absolute atomic E-state index is 9.58. The highest BCUT2D eigenvalue weighted by molar-refractivity contribution is 4.77. The molecule has 92 valence electrons. The molecule has 0 aromatic heterocycles. The van der Waals surface area contributed by atoms with Gasteiger partial charge in [-0.2, -0.15) is 0 Å². The molecule has 0 aliphatic rings. The third kappa shape index (κ3) is 6.19. The summed E-state index contributed by atoms with van der Waals surface area (Å²) in [5.74, 6) is 0. The first-order chi connectivity index (χ1) is 7.24. The predicted molar refractivity (Wildman–Crippen MR) is 68.1 cm³/mol. The van der Waals surface area contributed by atoms with Gasteiger partial charge in [0.1, 0.15) is 0 Å². The molecule has 0 aliphatic carbocycles. The first-order valence-corrected chi connectivity index (χ1v) is 6.85. The molecule has 0 aliphatic heterocycles. The molecule has 1 heteroatoms. The summed E-state index contributed by atoms with van der Waals surface area (Å²) in [5.41, 5.74) is 0.240. The van der Waals surface area contributed by atoms with Crippen molar-refractivity contribution in [3.8, 4) is 0 Å². The van der Waals surface area contributed by atoms with Gasteiger partial charge in [0.05, 0.1) is 0 Å². The predicted octanol–water partition coefficient (Wildman–Crippen LogP) is 4.54. The average Bonchev–Trinajstić information content (AvgIpc) is 2.28. The van der Waals surface area contributed by atoms with Crippen LogP contribution in [0.5, 0.6) is 0 Å². The average molecular weight is 214 g/mol. The van der Waals surface area contributed by atoms with Crippen LogP contribution in [-0.4, -0.2) is 11.7 Å². The molecule has 1 nitrogen and oxygen atoms in total. The van der Waals surface area contributed by atoms with Crippen molar-refractivity contribution in [1.82, 2.24) is 0 Å². The first-order valence-electron chi connectivity index (χ1n) is 6.85. The van der Waals surface area contributed by atoms with Crippen molar-refractivity contribution >= 4 is 0 Å². The van der Waals surface area contributed by atoms with Gasteiger partial charge in [-0.3, -0.25) is 0 Å². The summed E-state index contributed by atoms with van der Waals surface area (Å²) in [7, 11) is 0. The molecule has 0 rings (SSSR count). The Morgan fingerprint density at radius 3 is 1.53 bits per heavy atom. The van der Waals surface area contributed by atoms with Crippen LogP contribution in [0.15, 0.2) is 0 Å². The highest BCUT2D eigenvalue weighted by atomic mass is 16.3. The minimum atomic E-state index is 0.240. The van der Waals surface area contributed by atoms with E-state index < -0.39 is 0 Å². The Morgan fingerprint density at radius 1 is 0.800 bits per heavy atom. The summed E-state index contributed by atoms with van der Waals surface area (Å²) in [4.78, 5) is 0. The number of unbranched alkanes of at least 4 members (excludes halogenated alkanes) is 4. The number of rotatable bonds is 10. The van der Waals surface area contributed by atoms with Gasteiger partial charge in [0, 0.05) is 6.61 Å². The summed E-state index contributed by atoms with van der Waals surface area (Å²) in [6.45, 7) is 7.10. The molecule has 0 aromatic rings. The van der Waals surface area contributed by atoms with Crippen LogP contribution < -0.4 is 0 Å². The molecular formula is C14H30O. The van der Waals surface area contributed by atoms with Gasteiger partial charge in [-0.05, 0) is 24.7 Å². The molecule has 0 radical (unpaired) electrons. The van der Waals surface area contributed by atoms with E-state index in [1.54, 1.807) is 0 Å². The number of hydrogen-bond acceptors (Lipinski definition) is 1. The van der Waals surface area contributed by atoms with E-state index >= 15 is 0 Å². The topological polar surface area (TPSA) is 20.2 Å². The van der Waals surface area contributed by atoms with E-state index in [0.29, 0.717) is 6.61 Å². The second-order valence-electron chi connectivity index (χ2n) is 4.93. The van der Waals surface area contributed by atoms with Gasteiger partial charge in [-0.25, -0.2) is 0 Å². The second kappa shape index (κ2) is 9.21. The lowest BCUT2D eigenvalue weighted by Crippen LogP contribution is -2.24. The van der Waals surface area contributed by atoms with E-state index in [2.05, 4.69) is 20.8 Å². The number of hydrogen-bond donors (Lipinski definition) is 1. The van der Waals surface area contributed by atoms with Crippen molar-refractivity contribution in [3.05, 3.63) is 0 Å². The van der Waals surface area contributed by atoms with Crippen LogP contribution in [0, 0.1) is 5.41 Å². The molecule has 15 heavy (non-hydrogen) atoms. The van der Waals surface area contributed by atoms with E-state index in [9.17, 15) is 5.11 Å². The zero-order valence-corrected chi connectivity index (χ0v) is 11.0. The Labute approximate surface area is 96.3 Å². The maximum Gasteiger partial charge on any atom is 0.0487 e. The summed E-state index contributed by atoms with van der Waals surface area (Å²) in [5, 5.41) is 9.58. The Hall–Kier alpha value is -0.0400. The minimum absolute atomic E-state index is 0.240. The van der Waals surface area contributed by atoms with Gasteiger partial charge in [0.15, 0.2) is 0 Å². The van der Waals surface area contributed by atoms with Crippen molar-refractivity contribution in [2.75, 3.05) is 6.61 Å². The Kier molecular flexibility index (Phi) is 9.18. The van der Waals surface area contributed by atoms with E-state index in [4.69, 9.17) is 0 Å². The molecule has 1 N–H and O–H groups in total. The van der Waals surface area contributed by atoms with Gasteiger partial charge in [-0.15, -0.1) is 0 Å². The molecular weight excluding hydrogens is 184 g/mol. The van der Waals surface area contributed by atoms with Crippen molar-refractivity contribution in [3.63, 3.8) is 0 Å². The van der Waals surface area contributed by atoms with Gasteiger partial charge in [-0.1, -0.05) is 59.3 Å². The summed E-state index contributed by atoms with van der Waals surface area (Å²) in [6.07, 6.45) is 11.3. The van der Waals surface area contributed by atoms with Crippen molar-refractivity contribution in [1.29, 1.82) is 0 Å². The van der Waals surface area contributed by atoms with Crippen LogP contribution in [0.25, 0.3) is 0 Å². The second-order valence-corrected chi connectivity index (χ2v) is 4.93. The highest BCUT2D eigenvalue weighted by Gasteiger charge is 2.25. The SMILES string of the molecule is CCCCCC(CC)(CO)CCCCC. The largest absolute Gasteiger partial charge is 0.396 e. The van der Waals surface area contributed by atoms with Crippen molar-refractivity contribution < 1.29 is 5.11 Å². The minimum Gasteiger partial charge on any atom is -0.396 e. The number of aliphatic hydroxyl groups excluding tert-OH is 1. The van der Waals surface area contributed by atoms with Crippen molar-refractivity contribution in [2.45, 2.75) is 78.6 Å². The molecule has 0 aromatic carbocycles. The molecule has 0 atom stereocenters. The van der Waals surface area contributed by atoms with Crippen LogP contribution in [0.4, 0.5) is 0 Å². The normalized spacial score (nSPS) is 12.0. The van der Waals surface area contributed by atoms with E-state index in [0.717, 1.165) is 6.42 Å². The maximum atomic E-state index is 9.58. The third-order valence-corrected chi connectivity index (χ3v) is 3.71. The molecule has 0 saturated heterocycles. The van der Waals surface area contributed by atoms with Crippen LogP contribution in [0.3, 0.4) is 0 Å². The zero-order chi connectivity index (χ0) is 11.6. The van der Waals surface area contributed by atoms with Gasteiger partial charge < -0.3 is 5.11 Å².